The highest BCUT2D eigenvalue weighted by Crippen LogP contribution is 2.27. The smallest absolute Gasteiger partial charge is 0.258 e. The number of nitrogens with two attached hydrogens (primary N) is 1. The van der Waals surface area contributed by atoms with Gasteiger partial charge in [0.15, 0.2) is 5.75 Å². The van der Waals surface area contributed by atoms with E-state index < -0.39 is 0 Å². The number of hydrogen-bond donors (Lipinski definition) is 1. The molecule has 2 N–H and O–H groups in total. The zero-order valence-corrected chi connectivity index (χ0v) is 10.8. The van der Waals surface area contributed by atoms with Gasteiger partial charge < -0.3 is 15.4 Å². The predicted octanol–water partition coefficient (Wildman–Crippen LogP) is 1.76. The fourth-order valence-electron chi connectivity index (χ4n) is 1.64. The molecule has 96 valence electrons. The Labute approximate surface area is 108 Å². The van der Waals surface area contributed by atoms with E-state index in [-0.39, 0.29) is 12.5 Å². The first-order chi connectivity index (χ1) is 8.65. The van der Waals surface area contributed by atoms with Crippen LogP contribution in [-0.2, 0) is 0 Å². The number of nitrogens with zero attached hydrogens (tertiary/aromatic N) is 1. The van der Waals surface area contributed by atoms with Gasteiger partial charge >= 0.3 is 0 Å². The highest BCUT2D eigenvalue weighted by molar-refractivity contribution is 5.98. The van der Waals surface area contributed by atoms with Crippen molar-refractivity contribution in [2.75, 3.05) is 25.4 Å². The summed E-state index contributed by atoms with van der Waals surface area (Å²) >= 11 is 0. The summed E-state index contributed by atoms with van der Waals surface area (Å²) in [6.45, 7) is 5.00. The summed E-state index contributed by atoms with van der Waals surface area (Å²) < 4.78 is 5.44. The average molecular weight is 246 g/mol. The van der Waals surface area contributed by atoms with Gasteiger partial charge in [-0.1, -0.05) is 12.0 Å². The summed E-state index contributed by atoms with van der Waals surface area (Å²) in [4.78, 5) is 13.9. The van der Waals surface area contributed by atoms with Crippen LogP contribution < -0.4 is 10.5 Å². The van der Waals surface area contributed by atoms with Crippen molar-refractivity contribution in [1.29, 1.82) is 0 Å². The molecule has 0 aromatic heterocycles. The minimum Gasteiger partial charge on any atom is -0.491 e. The molecule has 0 atom stereocenters. The van der Waals surface area contributed by atoms with Crippen LogP contribution in [0.5, 0.6) is 5.75 Å². The topological polar surface area (TPSA) is 55.6 Å². The Morgan fingerprint density at radius 1 is 1.50 bits per heavy atom. The summed E-state index contributed by atoms with van der Waals surface area (Å²) in [6.07, 6.45) is 5.25. The summed E-state index contributed by atoms with van der Waals surface area (Å²) in [7, 11) is 0. The van der Waals surface area contributed by atoms with Crippen LogP contribution in [0.2, 0.25) is 0 Å². The van der Waals surface area contributed by atoms with Crippen molar-refractivity contribution >= 4 is 11.6 Å². The molecule has 4 nitrogen and oxygen atoms in total. The zero-order valence-electron chi connectivity index (χ0n) is 10.8. The van der Waals surface area contributed by atoms with Gasteiger partial charge in [0.05, 0.1) is 24.4 Å². The molecule has 0 fully saturated rings. The van der Waals surface area contributed by atoms with Crippen LogP contribution in [0.25, 0.3) is 0 Å². The summed E-state index contributed by atoms with van der Waals surface area (Å²) in [5.41, 5.74) is 6.74. The summed E-state index contributed by atoms with van der Waals surface area (Å²) in [5, 5.41) is 0. The maximum Gasteiger partial charge on any atom is 0.258 e. The molecule has 1 aromatic rings. The number of hydrogen-bond acceptors (Lipinski definition) is 3. The van der Waals surface area contributed by atoms with E-state index in [1.165, 1.54) is 0 Å². The van der Waals surface area contributed by atoms with Crippen molar-refractivity contribution in [1.82, 2.24) is 4.90 Å². The number of amides is 1. The molecule has 0 saturated heterocycles. The number of benzene rings is 1. The third-order valence-corrected chi connectivity index (χ3v) is 2.52. The van der Waals surface area contributed by atoms with Crippen molar-refractivity contribution in [3.8, 4) is 18.1 Å². The fourth-order valence-corrected chi connectivity index (χ4v) is 1.64. The van der Waals surface area contributed by atoms with Crippen molar-refractivity contribution < 1.29 is 9.53 Å². The van der Waals surface area contributed by atoms with Crippen molar-refractivity contribution in [2.24, 2.45) is 0 Å². The van der Waals surface area contributed by atoms with Crippen LogP contribution in [0.3, 0.4) is 0 Å². The number of nitrogen functional groups attached to an aromatic ring is 1. The highest BCUT2D eigenvalue weighted by Gasteiger charge is 2.19. The number of terminal acetylenes is 1. The van der Waals surface area contributed by atoms with E-state index >= 15 is 0 Å². The molecule has 18 heavy (non-hydrogen) atoms. The minimum atomic E-state index is -0.161. The second-order valence-electron chi connectivity index (χ2n) is 3.68. The lowest BCUT2D eigenvalue weighted by Gasteiger charge is -2.20. The molecule has 1 rings (SSSR count). The van der Waals surface area contributed by atoms with Crippen LogP contribution >= 0.6 is 0 Å². The van der Waals surface area contributed by atoms with Gasteiger partial charge in [-0.3, -0.25) is 4.79 Å². The maximum absolute atomic E-state index is 12.3. The van der Waals surface area contributed by atoms with Crippen LogP contribution in [0.4, 0.5) is 5.69 Å². The van der Waals surface area contributed by atoms with Crippen LogP contribution in [0.15, 0.2) is 18.2 Å². The Morgan fingerprint density at radius 2 is 2.22 bits per heavy atom. The molecule has 0 bridgehead atoms. The number of anilines is 1. The molecule has 4 heteroatoms. The van der Waals surface area contributed by atoms with E-state index in [1.807, 2.05) is 13.8 Å². The lowest BCUT2D eigenvalue weighted by molar-refractivity contribution is 0.0781. The maximum atomic E-state index is 12.3. The number of rotatable bonds is 5. The van der Waals surface area contributed by atoms with Crippen LogP contribution in [0.1, 0.15) is 24.2 Å². The first-order valence-corrected chi connectivity index (χ1v) is 5.89. The van der Waals surface area contributed by atoms with Gasteiger partial charge in [-0.2, -0.15) is 0 Å². The van der Waals surface area contributed by atoms with Crippen molar-refractivity contribution in [3.63, 3.8) is 0 Å². The molecule has 1 aromatic carbocycles. The van der Waals surface area contributed by atoms with E-state index in [4.69, 9.17) is 16.9 Å². The Balaban J connectivity index is 3.12. The molecular formula is C14H18N2O2. The second-order valence-corrected chi connectivity index (χ2v) is 3.68. The predicted molar refractivity (Wildman–Crippen MR) is 72.4 cm³/mol. The summed E-state index contributed by atoms with van der Waals surface area (Å²) in [5.74, 6) is 2.74. The van der Waals surface area contributed by atoms with Crippen molar-refractivity contribution in [3.05, 3.63) is 23.8 Å². The lowest BCUT2D eigenvalue weighted by atomic mass is 10.1. The number of para-hydroxylation sites is 1. The van der Waals surface area contributed by atoms with E-state index in [0.717, 1.165) is 0 Å². The zero-order chi connectivity index (χ0) is 13.5. The van der Waals surface area contributed by atoms with Gasteiger partial charge in [-0.15, -0.1) is 6.42 Å². The molecule has 0 aliphatic heterocycles. The number of carbonyl (C=O) groups is 1. The Morgan fingerprint density at radius 3 is 2.78 bits per heavy atom. The molecular weight excluding hydrogens is 228 g/mol. The van der Waals surface area contributed by atoms with E-state index in [2.05, 4.69) is 5.92 Å². The van der Waals surface area contributed by atoms with E-state index in [9.17, 15) is 4.79 Å². The molecule has 0 spiro atoms. The SMILES string of the molecule is C#CCN(CC)C(=O)c1cccc(N)c1OCC. The molecule has 0 aliphatic rings. The normalized spacial score (nSPS) is 9.61. The highest BCUT2D eigenvalue weighted by atomic mass is 16.5. The second kappa shape index (κ2) is 6.55. The standard InChI is InChI=1S/C14H18N2O2/c1-4-10-16(5-2)14(17)11-8-7-9-12(15)13(11)18-6-3/h1,7-9H,5-6,10,15H2,2-3H3. The van der Waals surface area contributed by atoms with Gasteiger partial charge in [0.2, 0.25) is 0 Å². The average Bonchev–Trinajstić information content (AvgIpc) is 2.37. The molecule has 0 unspecified atom stereocenters. The van der Waals surface area contributed by atoms with Gasteiger partial charge in [0, 0.05) is 6.54 Å². The van der Waals surface area contributed by atoms with Crippen LogP contribution in [0, 0.1) is 12.3 Å². The molecule has 0 heterocycles. The van der Waals surface area contributed by atoms with Gasteiger partial charge in [-0.05, 0) is 26.0 Å². The minimum absolute atomic E-state index is 0.161. The first-order valence-electron chi connectivity index (χ1n) is 5.89. The monoisotopic (exact) mass is 246 g/mol. The summed E-state index contributed by atoms with van der Waals surface area (Å²) in [6, 6.07) is 5.14. The van der Waals surface area contributed by atoms with E-state index in [1.54, 1.807) is 23.1 Å². The largest absolute Gasteiger partial charge is 0.491 e. The van der Waals surface area contributed by atoms with Gasteiger partial charge in [-0.25, -0.2) is 0 Å². The quantitative estimate of drug-likeness (QED) is 0.636. The Bertz CT molecular complexity index is 463. The molecule has 0 radical (unpaired) electrons. The Hall–Kier alpha value is -2.15. The Kier molecular flexibility index (Phi) is 5.06. The van der Waals surface area contributed by atoms with Gasteiger partial charge in [0.1, 0.15) is 0 Å². The van der Waals surface area contributed by atoms with Gasteiger partial charge in [0.25, 0.3) is 5.91 Å². The molecule has 0 saturated carbocycles. The van der Waals surface area contributed by atoms with E-state index in [0.29, 0.717) is 30.2 Å². The van der Waals surface area contributed by atoms with Crippen LogP contribution in [-0.4, -0.2) is 30.5 Å². The molecule has 0 aliphatic carbocycles. The first kappa shape index (κ1) is 13.9. The van der Waals surface area contributed by atoms with Crippen molar-refractivity contribution in [2.45, 2.75) is 13.8 Å². The third kappa shape index (κ3) is 2.95. The fraction of sp³-hybridized carbons (Fsp3) is 0.357. The lowest BCUT2D eigenvalue weighted by Crippen LogP contribution is -2.31. The molecule has 1 amide bonds. The number of ether oxygens (including phenoxy) is 1. The third-order valence-electron chi connectivity index (χ3n) is 2.52. The number of carbonyl (C=O) groups excluding carboxylic acids is 1.